The van der Waals surface area contributed by atoms with E-state index in [4.69, 9.17) is 9.47 Å². The van der Waals surface area contributed by atoms with Gasteiger partial charge in [0, 0.05) is 42.2 Å². The summed E-state index contributed by atoms with van der Waals surface area (Å²) >= 11 is 1.17. The molecule has 6 nitrogen and oxygen atoms in total. The first-order valence-corrected chi connectivity index (χ1v) is 9.59. The van der Waals surface area contributed by atoms with Crippen LogP contribution in [0.25, 0.3) is 0 Å². The maximum Gasteiger partial charge on any atom is 0.307 e. The number of aryl methyl sites for hydroxylation is 1. The van der Waals surface area contributed by atoms with Crippen molar-refractivity contribution >= 4 is 17.2 Å². The van der Waals surface area contributed by atoms with E-state index in [9.17, 15) is 9.59 Å². The Morgan fingerprint density at radius 2 is 2.12 bits per heavy atom. The summed E-state index contributed by atoms with van der Waals surface area (Å²) in [6.07, 6.45) is 2.20. The highest BCUT2D eigenvalue weighted by Gasteiger charge is 2.31. The van der Waals surface area contributed by atoms with E-state index >= 15 is 0 Å². The Hall–Kier alpha value is -2.28. The molecule has 140 valence electrons. The summed E-state index contributed by atoms with van der Waals surface area (Å²) < 4.78 is 12.4. The Bertz CT molecular complexity index is 842. The molecular formula is C19H24N2O4S. The number of amides is 1. The number of carbonyl (C=O) groups is 1. The van der Waals surface area contributed by atoms with Crippen LogP contribution in [0.1, 0.15) is 36.6 Å². The largest absolute Gasteiger partial charge is 0.497 e. The van der Waals surface area contributed by atoms with Crippen LogP contribution in [-0.4, -0.2) is 36.1 Å². The summed E-state index contributed by atoms with van der Waals surface area (Å²) in [5.74, 6) is 1.54. The summed E-state index contributed by atoms with van der Waals surface area (Å²) in [6, 6.07) is 5.72. The molecule has 0 bridgehead atoms. The van der Waals surface area contributed by atoms with Gasteiger partial charge in [-0.1, -0.05) is 11.3 Å². The molecule has 2 aromatic rings. The van der Waals surface area contributed by atoms with E-state index in [1.807, 2.05) is 35.4 Å². The van der Waals surface area contributed by atoms with Crippen molar-refractivity contribution in [3.63, 3.8) is 0 Å². The molecule has 1 unspecified atom stereocenters. The van der Waals surface area contributed by atoms with Crippen molar-refractivity contribution in [1.29, 1.82) is 0 Å². The molecule has 2 heterocycles. The number of hydrogen-bond acceptors (Lipinski definition) is 5. The van der Waals surface area contributed by atoms with Crippen LogP contribution in [0.4, 0.5) is 0 Å². The van der Waals surface area contributed by atoms with Crippen LogP contribution in [-0.2, 0) is 11.3 Å². The molecule has 1 aliphatic heterocycles. The minimum atomic E-state index is -0.00917. The number of hydrogen-bond donors (Lipinski definition) is 0. The lowest BCUT2D eigenvalue weighted by Gasteiger charge is -2.26. The Balaban J connectivity index is 1.75. The van der Waals surface area contributed by atoms with E-state index in [-0.39, 0.29) is 16.8 Å². The van der Waals surface area contributed by atoms with Crippen molar-refractivity contribution in [1.82, 2.24) is 9.47 Å². The van der Waals surface area contributed by atoms with Crippen molar-refractivity contribution in [3.8, 4) is 11.5 Å². The highest BCUT2D eigenvalue weighted by molar-refractivity contribution is 7.07. The summed E-state index contributed by atoms with van der Waals surface area (Å²) in [4.78, 5) is 26.6. The summed E-state index contributed by atoms with van der Waals surface area (Å²) in [5, 5.41) is 1.83. The molecular weight excluding hydrogens is 352 g/mol. The van der Waals surface area contributed by atoms with Crippen LogP contribution in [0, 0.1) is 6.92 Å². The molecule has 26 heavy (non-hydrogen) atoms. The highest BCUT2D eigenvalue weighted by atomic mass is 32.1. The third-order valence-electron chi connectivity index (χ3n) is 4.90. The van der Waals surface area contributed by atoms with Crippen molar-refractivity contribution in [2.24, 2.45) is 0 Å². The Morgan fingerprint density at radius 1 is 1.31 bits per heavy atom. The summed E-state index contributed by atoms with van der Waals surface area (Å²) in [7, 11) is 3.25. The summed E-state index contributed by atoms with van der Waals surface area (Å²) in [5.41, 5.74) is 1.91. The molecule has 0 saturated carbocycles. The van der Waals surface area contributed by atoms with Crippen LogP contribution < -0.4 is 14.3 Å². The van der Waals surface area contributed by atoms with E-state index in [0.717, 1.165) is 42.1 Å². The third kappa shape index (κ3) is 3.62. The van der Waals surface area contributed by atoms with Crippen molar-refractivity contribution in [2.45, 2.75) is 38.8 Å². The zero-order valence-corrected chi connectivity index (χ0v) is 16.2. The van der Waals surface area contributed by atoms with Gasteiger partial charge in [0.2, 0.25) is 5.91 Å². The lowest BCUT2D eigenvalue weighted by molar-refractivity contribution is -0.132. The van der Waals surface area contributed by atoms with E-state index < -0.39 is 0 Å². The standard InChI is InChI=1S/C19H24N2O4S/c1-13-12-26-19(23)20(13)10-8-18(22)21-9-4-5-16(21)15-7-6-14(24-2)11-17(15)25-3/h6-7,11-12,16H,4-5,8-10H2,1-3H3. The van der Waals surface area contributed by atoms with Crippen LogP contribution >= 0.6 is 11.3 Å². The summed E-state index contributed by atoms with van der Waals surface area (Å²) in [6.45, 7) is 3.05. The van der Waals surface area contributed by atoms with Gasteiger partial charge < -0.3 is 18.9 Å². The quantitative estimate of drug-likeness (QED) is 0.778. The van der Waals surface area contributed by atoms with Crippen LogP contribution in [0.2, 0.25) is 0 Å². The molecule has 1 atom stereocenters. The molecule has 0 spiro atoms. The number of carbonyl (C=O) groups excluding carboxylic acids is 1. The first-order valence-electron chi connectivity index (χ1n) is 8.71. The second-order valence-electron chi connectivity index (χ2n) is 6.40. The fourth-order valence-electron chi connectivity index (χ4n) is 3.51. The fraction of sp³-hybridized carbons (Fsp3) is 0.474. The van der Waals surface area contributed by atoms with Crippen molar-refractivity contribution in [2.75, 3.05) is 20.8 Å². The van der Waals surface area contributed by atoms with Crippen LogP contribution in [0.5, 0.6) is 11.5 Å². The predicted molar refractivity (Wildman–Crippen MR) is 101 cm³/mol. The zero-order valence-electron chi connectivity index (χ0n) is 15.4. The number of benzene rings is 1. The van der Waals surface area contributed by atoms with Gasteiger partial charge in [-0.2, -0.15) is 0 Å². The Labute approximate surface area is 157 Å². The second-order valence-corrected chi connectivity index (χ2v) is 7.22. The van der Waals surface area contributed by atoms with E-state index in [1.165, 1.54) is 11.3 Å². The van der Waals surface area contributed by atoms with Gasteiger partial charge in [0.1, 0.15) is 11.5 Å². The van der Waals surface area contributed by atoms with Crippen LogP contribution in [0.15, 0.2) is 28.4 Å². The number of thiazole rings is 1. The number of likely N-dealkylation sites (tertiary alicyclic amines) is 1. The van der Waals surface area contributed by atoms with Gasteiger partial charge >= 0.3 is 4.87 Å². The fourth-order valence-corrected chi connectivity index (χ4v) is 4.27. The molecule has 1 amide bonds. The van der Waals surface area contributed by atoms with Gasteiger partial charge in [-0.05, 0) is 31.9 Å². The van der Waals surface area contributed by atoms with Gasteiger partial charge in [0.25, 0.3) is 0 Å². The van der Waals surface area contributed by atoms with Gasteiger partial charge in [-0.25, -0.2) is 0 Å². The van der Waals surface area contributed by atoms with Gasteiger partial charge in [0.05, 0.1) is 20.3 Å². The highest BCUT2D eigenvalue weighted by Crippen LogP contribution is 2.38. The monoisotopic (exact) mass is 376 g/mol. The topological polar surface area (TPSA) is 60.8 Å². The number of methoxy groups -OCH3 is 2. The number of ether oxygens (including phenoxy) is 2. The maximum atomic E-state index is 12.8. The molecule has 0 radical (unpaired) electrons. The SMILES string of the molecule is COc1ccc(C2CCCN2C(=O)CCn2c(C)csc2=O)c(OC)c1. The number of rotatable bonds is 6. The number of nitrogens with zero attached hydrogens (tertiary/aromatic N) is 2. The zero-order chi connectivity index (χ0) is 18.7. The molecule has 7 heteroatoms. The average molecular weight is 376 g/mol. The van der Waals surface area contributed by atoms with Crippen LogP contribution in [0.3, 0.4) is 0 Å². The maximum absolute atomic E-state index is 12.8. The molecule has 0 N–H and O–H groups in total. The van der Waals surface area contributed by atoms with E-state index in [2.05, 4.69) is 0 Å². The van der Waals surface area contributed by atoms with Gasteiger partial charge in [0.15, 0.2) is 0 Å². The smallest absolute Gasteiger partial charge is 0.307 e. The third-order valence-corrected chi connectivity index (χ3v) is 5.78. The predicted octanol–water partition coefficient (Wildman–Crippen LogP) is 2.99. The van der Waals surface area contributed by atoms with Crippen molar-refractivity contribution in [3.05, 3.63) is 44.5 Å². The first-order chi connectivity index (χ1) is 12.5. The lowest BCUT2D eigenvalue weighted by Crippen LogP contribution is -2.32. The molecule has 1 aliphatic rings. The molecule has 3 rings (SSSR count). The normalized spacial score (nSPS) is 16.7. The molecule has 0 aliphatic carbocycles. The first kappa shape index (κ1) is 18.5. The van der Waals surface area contributed by atoms with E-state index in [1.54, 1.807) is 18.8 Å². The molecule has 1 aromatic heterocycles. The lowest BCUT2D eigenvalue weighted by atomic mass is 10.0. The van der Waals surface area contributed by atoms with Crippen molar-refractivity contribution < 1.29 is 14.3 Å². The second kappa shape index (κ2) is 7.95. The Morgan fingerprint density at radius 3 is 2.77 bits per heavy atom. The Kier molecular flexibility index (Phi) is 5.66. The van der Waals surface area contributed by atoms with E-state index in [0.29, 0.717) is 13.0 Å². The van der Waals surface area contributed by atoms with Gasteiger partial charge in [-0.3, -0.25) is 9.59 Å². The molecule has 1 aromatic carbocycles. The van der Waals surface area contributed by atoms with Gasteiger partial charge in [-0.15, -0.1) is 0 Å². The number of aromatic nitrogens is 1. The average Bonchev–Trinajstić information content (AvgIpc) is 3.26. The minimum Gasteiger partial charge on any atom is -0.497 e. The minimum absolute atomic E-state index is 0.00338. The molecule has 1 saturated heterocycles. The molecule has 1 fully saturated rings.